The van der Waals surface area contributed by atoms with Gasteiger partial charge in [-0.25, -0.2) is 9.18 Å². The molecule has 0 saturated heterocycles. The number of aliphatic hydroxyl groups excluding tert-OH is 1. The van der Waals surface area contributed by atoms with Gasteiger partial charge in [-0.2, -0.15) is 0 Å². The molecular formula is C11H13FO4. The fourth-order valence-corrected chi connectivity index (χ4v) is 1.30. The van der Waals surface area contributed by atoms with E-state index in [2.05, 4.69) is 4.74 Å². The predicted octanol–water partition coefficient (Wildman–Crippen LogP) is 1.43. The molecule has 1 N–H and O–H groups in total. The largest absolute Gasteiger partial charge is 0.493 e. The summed E-state index contributed by atoms with van der Waals surface area (Å²) in [6, 6.07) is 3.97. The zero-order valence-electron chi connectivity index (χ0n) is 9.07. The van der Waals surface area contributed by atoms with Crippen LogP contribution in [0.2, 0.25) is 0 Å². The number of hydrogen-bond acceptors (Lipinski definition) is 4. The molecule has 0 amide bonds. The zero-order chi connectivity index (χ0) is 12.1. The molecule has 0 aromatic heterocycles. The smallest absolute Gasteiger partial charge is 0.339 e. The van der Waals surface area contributed by atoms with Crippen molar-refractivity contribution in [3.63, 3.8) is 0 Å². The number of hydrogen-bond donors (Lipinski definition) is 1. The normalized spacial score (nSPS) is 12.0. The van der Waals surface area contributed by atoms with E-state index in [4.69, 9.17) is 4.74 Å². The molecule has 0 heterocycles. The van der Waals surface area contributed by atoms with E-state index in [1.165, 1.54) is 25.3 Å². The van der Waals surface area contributed by atoms with Crippen LogP contribution in [0.15, 0.2) is 18.2 Å². The third kappa shape index (κ3) is 2.49. The van der Waals surface area contributed by atoms with Gasteiger partial charge in [0.15, 0.2) is 17.7 Å². The number of carbonyl (C=O) groups excluding carboxylic acids is 1. The van der Waals surface area contributed by atoms with Crippen LogP contribution >= 0.6 is 0 Å². The Morgan fingerprint density at radius 2 is 2.25 bits per heavy atom. The van der Waals surface area contributed by atoms with Crippen molar-refractivity contribution < 1.29 is 23.8 Å². The molecule has 0 bridgehead atoms. The van der Waals surface area contributed by atoms with Crippen LogP contribution in [0.5, 0.6) is 5.75 Å². The predicted molar refractivity (Wildman–Crippen MR) is 54.5 cm³/mol. The van der Waals surface area contributed by atoms with Crippen molar-refractivity contribution in [3.05, 3.63) is 29.6 Å². The average molecular weight is 228 g/mol. The van der Waals surface area contributed by atoms with Gasteiger partial charge in [-0.1, -0.05) is 12.1 Å². The number of para-hydroxylation sites is 1. The number of rotatable bonds is 4. The lowest BCUT2D eigenvalue weighted by Gasteiger charge is -2.13. The van der Waals surface area contributed by atoms with Crippen molar-refractivity contribution in [3.8, 4) is 5.75 Å². The van der Waals surface area contributed by atoms with Gasteiger partial charge in [-0.15, -0.1) is 0 Å². The van der Waals surface area contributed by atoms with Crippen LogP contribution in [-0.2, 0) is 9.53 Å². The average Bonchev–Trinajstić information content (AvgIpc) is 2.28. The minimum absolute atomic E-state index is 0.0564. The first kappa shape index (κ1) is 12.4. The summed E-state index contributed by atoms with van der Waals surface area (Å²) in [7, 11) is 1.26. The first-order valence-corrected chi connectivity index (χ1v) is 4.78. The fourth-order valence-electron chi connectivity index (χ4n) is 1.30. The summed E-state index contributed by atoms with van der Waals surface area (Å²) >= 11 is 0. The summed E-state index contributed by atoms with van der Waals surface area (Å²) in [5.41, 5.74) is 0.0564. The van der Waals surface area contributed by atoms with Crippen LogP contribution in [0.3, 0.4) is 0 Å². The van der Waals surface area contributed by atoms with Crippen LogP contribution in [0.4, 0.5) is 4.39 Å². The van der Waals surface area contributed by atoms with Gasteiger partial charge in [0.2, 0.25) is 0 Å². The van der Waals surface area contributed by atoms with Crippen LogP contribution in [0, 0.1) is 5.82 Å². The fraction of sp³-hybridized carbons (Fsp3) is 0.364. The Bertz CT molecular complexity index is 378. The van der Waals surface area contributed by atoms with E-state index in [0.717, 1.165) is 0 Å². The van der Waals surface area contributed by atoms with Gasteiger partial charge >= 0.3 is 5.97 Å². The van der Waals surface area contributed by atoms with Crippen molar-refractivity contribution in [2.75, 3.05) is 13.7 Å². The number of carbonyl (C=O) groups is 1. The lowest BCUT2D eigenvalue weighted by atomic mass is 10.1. The summed E-state index contributed by atoms with van der Waals surface area (Å²) < 4.78 is 22.7. The summed E-state index contributed by atoms with van der Waals surface area (Å²) in [4.78, 5) is 11.3. The first-order valence-electron chi connectivity index (χ1n) is 4.78. The minimum atomic E-state index is -1.54. The Morgan fingerprint density at radius 1 is 1.56 bits per heavy atom. The number of aliphatic hydroxyl groups is 1. The highest BCUT2D eigenvalue weighted by Crippen LogP contribution is 2.28. The molecule has 1 atom stereocenters. The van der Waals surface area contributed by atoms with Crippen LogP contribution < -0.4 is 4.74 Å². The number of halogens is 1. The second-order valence-electron chi connectivity index (χ2n) is 3.02. The van der Waals surface area contributed by atoms with Crippen LogP contribution in [0.1, 0.15) is 18.6 Å². The minimum Gasteiger partial charge on any atom is -0.493 e. The number of methoxy groups -OCH3 is 1. The van der Waals surface area contributed by atoms with Crippen molar-refractivity contribution in [2.24, 2.45) is 0 Å². The van der Waals surface area contributed by atoms with Crippen molar-refractivity contribution >= 4 is 5.97 Å². The molecule has 0 fully saturated rings. The summed E-state index contributed by atoms with van der Waals surface area (Å²) in [6.07, 6.45) is -1.54. The maximum absolute atomic E-state index is 13.3. The van der Waals surface area contributed by atoms with E-state index < -0.39 is 17.9 Å². The molecule has 16 heavy (non-hydrogen) atoms. The van der Waals surface area contributed by atoms with E-state index >= 15 is 0 Å². The number of ether oxygens (including phenoxy) is 2. The van der Waals surface area contributed by atoms with Crippen molar-refractivity contribution in [1.29, 1.82) is 0 Å². The Hall–Kier alpha value is -1.62. The second kappa shape index (κ2) is 5.46. The molecule has 1 aromatic carbocycles. The van der Waals surface area contributed by atoms with Crippen LogP contribution in [0.25, 0.3) is 0 Å². The van der Waals surface area contributed by atoms with Crippen molar-refractivity contribution in [2.45, 2.75) is 13.0 Å². The highest BCUT2D eigenvalue weighted by atomic mass is 19.1. The molecular weight excluding hydrogens is 215 g/mol. The second-order valence-corrected chi connectivity index (χ2v) is 3.02. The maximum Gasteiger partial charge on any atom is 0.339 e. The summed E-state index contributed by atoms with van der Waals surface area (Å²) in [5.74, 6) is -1.61. The summed E-state index contributed by atoms with van der Waals surface area (Å²) in [6.45, 7) is 1.76. The number of benzene rings is 1. The molecule has 0 radical (unpaired) electrons. The maximum atomic E-state index is 13.3. The number of esters is 1. The molecule has 88 valence electrons. The van der Waals surface area contributed by atoms with E-state index in [0.29, 0.717) is 0 Å². The Kier molecular flexibility index (Phi) is 4.25. The molecule has 0 aliphatic heterocycles. The highest BCUT2D eigenvalue weighted by Gasteiger charge is 2.23. The molecule has 4 nitrogen and oxygen atoms in total. The zero-order valence-corrected chi connectivity index (χ0v) is 9.07. The first-order chi connectivity index (χ1) is 7.61. The Labute approximate surface area is 92.6 Å². The molecule has 1 aromatic rings. The van der Waals surface area contributed by atoms with Crippen molar-refractivity contribution in [1.82, 2.24) is 0 Å². The van der Waals surface area contributed by atoms with E-state index in [9.17, 15) is 14.3 Å². The molecule has 0 aliphatic rings. The van der Waals surface area contributed by atoms with Gasteiger partial charge in [0.25, 0.3) is 0 Å². The standard InChI is InChI=1S/C11H13FO4/c1-3-16-11(14)9(13)7-5-4-6-8(12)10(7)15-2/h4-6,9,13H,3H2,1-2H3. The lowest BCUT2D eigenvalue weighted by molar-refractivity contribution is -0.153. The SMILES string of the molecule is CCOC(=O)C(O)c1cccc(F)c1OC. The topological polar surface area (TPSA) is 55.8 Å². The monoisotopic (exact) mass is 228 g/mol. The molecule has 5 heteroatoms. The Morgan fingerprint density at radius 3 is 2.81 bits per heavy atom. The summed E-state index contributed by atoms with van der Waals surface area (Å²) in [5, 5.41) is 9.64. The highest BCUT2D eigenvalue weighted by molar-refractivity contribution is 5.77. The van der Waals surface area contributed by atoms with Gasteiger partial charge in [0.1, 0.15) is 0 Å². The molecule has 1 unspecified atom stereocenters. The lowest BCUT2D eigenvalue weighted by Crippen LogP contribution is -2.16. The third-order valence-corrected chi connectivity index (χ3v) is 2.01. The molecule has 0 aliphatic carbocycles. The van der Waals surface area contributed by atoms with Gasteiger partial charge in [0.05, 0.1) is 13.7 Å². The van der Waals surface area contributed by atoms with Gasteiger partial charge in [0, 0.05) is 5.56 Å². The molecule has 0 saturated carbocycles. The molecule has 1 rings (SSSR count). The third-order valence-electron chi connectivity index (χ3n) is 2.01. The molecule has 0 spiro atoms. The van der Waals surface area contributed by atoms with Gasteiger partial charge < -0.3 is 14.6 Å². The van der Waals surface area contributed by atoms with E-state index in [-0.39, 0.29) is 17.9 Å². The Balaban J connectivity index is 3.03. The van der Waals surface area contributed by atoms with E-state index in [1.807, 2.05) is 0 Å². The van der Waals surface area contributed by atoms with Crippen LogP contribution in [-0.4, -0.2) is 24.8 Å². The van der Waals surface area contributed by atoms with E-state index in [1.54, 1.807) is 6.92 Å². The van der Waals surface area contributed by atoms with Gasteiger partial charge in [-0.3, -0.25) is 0 Å². The quantitative estimate of drug-likeness (QED) is 0.792. The van der Waals surface area contributed by atoms with Gasteiger partial charge in [-0.05, 0) is 13.0 Å².